The molecule has 1 aromatic heterocycles. The Bertz CT molecular complexity index is 510. The molecule has 20 heavy (non-hydrogen) atoms. The molecule has 2 heterocycles. The first-order valence-electron chi connectivity index (χ1n) is 6.84. The molecule has 0 aromatic carbocycles. The summed E-state index contributed by atoms with van der Waals surface area (Å²) in [5.41, 5.74) is 0.496. The third kappa shape index (κ3) is 3.31. The summed E-state index contributed by atoms with van der Waals surface area (Å²) in [6.07, 6.45) is 2.74. The number of halogens is 1. The molecule has 1 aliphatic heterocycles. The predicted octanol–water partition coefficient (Wildman–Crippen LogP) is 0.256. The maximum atomic E-state index is 12.2. The third-order valence-corrected chi connectivity index (χ3v) is 4.04. The molecule has 0 spiro atoms. The van der Waals surface area contributed by atoms with Gasteiger partial charge in [0.2, 0.25) is 0 Å². The summed E-state index contributed by atoms with van der Waals surface area (Å²) in [5.74, 6) is 0. The first-order chi connectivity index (χ1) is 9.50. The predicted molar refractivity (Wildman–Crippen MR) is 81.7 cm³/mol. The highest BCUT2D eigenvalue weighted by atomic mass is 35.5. The molecule has 0 aliphatic carbocycles. The Morgan fingerprint density at radius 2 is 2.25 bits per heavy atom. The van der Waals surface area contributed by atoms with Crippen LogP contribution in [0.1, 0.15) is 6.42 Å². The monoisotopic (exact) mass is 299 g/mol. The van der Waals surface area contributed by atoms with Crippen LogP contribution in [0.5, 0.6) is 0 Å². The molecule has 112 valence electrons. The Balaban J connectivity index is 2.19. The zero-order chi connectivity index (χ0) is 14.7. The van der Waals surface area contributed by atoms with Crippen molar-refractivity contribution in [1.82, 2.24) is 20.0 Å². The maximum absolute atomic E-state index is 12.2. The van der Waals surface area contributed by atoms with Gasteiger partial charge in [-0.1, -0.05) is 11.6 Å². The molecule has 0 bridgehead atoms. The summed E-state index contributed by atoms with van der Waals surface area (Å²) >= 11 is 6.24. The van der Waals surface area contributed by atoms with Gasteiger partial charge in [0.05, 0.1) is 18.4 Å². The SMILES string of the molecule is CN(C)CCn1ncc(N(C)C2CCNC2)c(Cl)c1=O. The Hall–Kier alpha value is -1.11. The van der Waals surface area contributed by atoms with Crippen molar-refractivity contribution < 1.29 is 0 Å². The Kier molecular flexibility index (Phi) is 5.01. The van der Waals surface area contributed by atoms with Crippen LogP contribution in [-0.4, -0.2) is 61.5 Å². The van der Waals surface area contributed by atoms with Crippen molar-refractivity contribution in [2.24, 2.45) is 0 Å². The van der Waals surface area contributed by atoms with Gasteiger partial charge in [0.1, 0.15) is 5.02 Å². The summed E-state index contributed by atoms with van der Waals surface area (Å²) < 4.78 is 1.42. The Morgan fingerprint density at radius 1 is 1.50 bits per heavy atom. The number of hydrogen-bond donors (Lipinski definition) is 1. The van der Waals surface area contributed by atoms with Crippen LogP contribution in [0, 0.1) is 0 Å². The molecule has 7 heteroatoms. The summed E-state index contributed by atoms with van der Waals surface area (Å²) in [6, 6.07) is 0.367. The molecule has 6 nitrogen and oxygen atoms in total. The molecule has 1 fully saturated rings. The lowest BCUT2D eigenvalue weighted by atomic mass is 10.2. The van der Waals surface area contributed by atoms with Crippen LogP contribution in [0.15, 0.2) is 11.0 Å². The standard InChI is InChI=1S/C13H22ClN5O/c1-17(2)6-7-19-13(20)12(14)11(9-16-19)18(3)10-4-5-15-8-10/h9-10,15H,4-8H2,1-3H3. The van der Waals surface area contributed by atoms with E-state index < -0.39 is 0 Å². The van der Waals surface area contributed by atoms with E-state index in [4.69, 9.17) is 11.6 Å². The molecular formula is C13H22ClN5O. The maximum Gasteiger partial charge on any atom is 0.287 e. The van der Waals surface area contributed by atoms with E-state index in [0.717, 1.165) is 26.1 Å². The van der Waals surface area contributed by atoms with Gasteiger partial charge in [-0.3, -0.25) is 4.79 Å². The zero-order valence-electron chi connectivity index (χ0n) is 12.3. The van der Waals surface area contributed by atoms with E-state index in [9.17, 15) is 4.79 Å². The second kappa shape index (κ2) is 6.56. The zero-order valence-corrected chi connectivity index (χ0v) is 13.0. The quantitative estimate of drug-likeness (QED) is 0.845. The summed E-state index contributed by atoms with van der Waals surface area (Å²) in [7, 11) is 5.88. The Labute approximate surface area is 124 Å². The van der Waals surface area contributed by atoms with Gasteiger partial charge in [0.15, 0.2) is 0 Å². The van der Waals surface area contributed by atoms with Crippen LogP contribution < -0.4 is 15.8 Å². The molecule has 1 unspecified atom stereocenters. The van der Waals surface area contributed by atoms with Crippen molar-refractivity contribution in [1.29, 1.82) is 0 Å². The van der Waals surface area contributed by atoms with Crippen LogP contribution in [0.25, 0.3) is 0 Å². The first-order valence-corrected chi connectivity index (χ1v) is 7.22. The molecule has 1 atom stereocenters. The van der Waals surface area contributed by atoms with Crippen molar-refractivity contribution in [2.75, 3.05) is 45.7 Å². The lowest BCUT2D eigenvalue weighted by Crippen LogP contribution is -2.36. The van der Waals surface area contributed by atoms with Gasteiger partial charge >= 0.3 is 0 Å². The van der Waals surface area contributed by atoms with Gasteiger partial charge in [0, 0.05) is 26.2 Å². The van der Waals surface area contributed by atoms with E-state index in [0.29, 0.717) is 18.3 Å². The average molecular weight is 300 g/mol. The number of aromatic nitrogens is 2. The smallest absolute Gasteiger partial charge is 0.287 e. The summed E-state index contributed by atoms with van der Waals surface area (Å²) in [4.78, 5) is 16.3. The van der Waals surface area contributed by atoms with E-state index >= 15 is 0 Å². The highest BCUT2D eigenvalue weighted by Crippen LogP contribution is 2.23. The third-order valence-electron chi connectivity index (χ3n) is 3.69. The van der Waals surface area contributed by atoms with Crippen molar-refractivity contribution in [3.05, 3.63) is 21.6 Å². The number of nitrogens with zero attached hydrogens (tertiary/aromatic N) is 4. The molecule has 1 N–H and O–H groups in total. The van der Waals surface area contributed by atoms with E-state index in [1.54, 1.807) is 6.20 Å². The Morgan fingerprint density at radius 3 is 2.85 bits per heavy atom. The van der Waals surface area contributed by atoms with Gasteiger partial charge in [-0.05, 0) is 27.1 Å². The van der Waals surface area contributed by atoms with Crippen molar-refractivity contribution in [3.63, 3.8) is 0 Å². The second-order valence-corrected chi connectivity index (χ2v) is 5.81. The topological polar surface area (TPSA) is 53.4 Å². The first kappa shape index (κ1) is 15.3. The van der Waals surface area contributed by atoms with E-state index in [1.165, 1.54) is 4.68 Å². The molecular weight excluding hydrogens is 278 g/mol. The molecule has 0 amide bonds. The van der Waals surface area contributed by atoms with Crippen LogP contribution in [0.3, 0.4) is 0 Å². The minimum atomic E-state index is -0.219. The molecule has 0 saturated carbocycles. The van der Waals surface area contributed by atoms with Crippen molar-refractivity contribution in [2.45, 2.75) is 19.0 Å². The van der Waals surface area contributed by atoms with Crippen molar-refractivity contribution >= 4 is 17.3 Å². The minimum absolute atomic E-state index is 0.219. The van der Waals surface area contributed by atoms with Gasteiger partial charge in [-0.25, -0.2) is 4.68 Å². The fourth-order valence-electron chi connectivity index (χ4n) is 2.32. The number of anilines is 1. The molecule has 2 rings (SSSR count). The van der Waals surface area contributed by atoms with Crippen LogP contribution >= 0.6 is 11.6 Å². The van der Waals surface area contributed by atoms with Gasteiger partial charge < -0.3 is 15.1 Å². The number of hydrogen-bond acceptors (Lipinski definition) is 5. The van der Waals surface area contributed by atoms with E-state index in [2.05, 4.69) is 10.4 Å². The highest BCUT2D eigenvalue weighted by Gasteiger charge is 2.22. The van der Waals surface area contributed by atoms with E-state index in [-0.39, 0.29) is 10.6 Å². The second-order valence-electron chi connectivity index (χ2n) is 5.43. The fourth-order valence-corrected chi connectivity index (χ4v) is 2.60. The van der Waals surface area contributed by atoms with Crippen LogP contribution in [0.2, 0.25) is 5.02 Å². The lowest BCUT2D eigenvalue weighted by Gasteiger charge is -2.26. The summed E-state index contributed by atoms with van der Waals surface area (Å²) in [6.45, 7) is 3.21. The highest BCUT2D eigenvalue weighted by molar-refractivity contribution is 6.33. The molecule has 1 aliphatic rings. The molecule has 1 aromatic rings. The van der Waals surface area contributed by atoms with Crippen LogP contribution in [-0.2, 0) is 6.54 Å². The normalized spacial score (nSPS) is 18.8. The van der Waals surface area contributed by atoms with Crippen molar-refractivity contribution in [3.8, 4) is 0 Å². The summed E-state index contributed by atoms with van der Waals surface area (Å²) in [5, 5.41) is 7.80. The number of nitrogens with one attached hydrogen (secondary N) is 1. The number of rotatable bonds is 5. The molecule has 1 saturated heterocycles. The fraction of sp³-hybridized carbons (Fsp3) is 0.692. The van der Waals surface area contributed by atoms with Crippen LogP contribution in [0.4, 0.5) is 5.69 Å². The average Bonchev–Trinajstić information content (AvgIpc) is 2.93. The largest absolute Gasteiger partial charge is 0.368 e. The van der Waals surface area contributed by atoms with Gasteiger partial charge in [0.25, 0.3) is 5.56 Å². The molecule has 0 radical (unpaired) electrons. The number of likely N-dealkylation sites (N-methyl/N-ethyl adjacent to an activating group) is 2. The minimum Gasteiger partial charge on any atom is -0.368 e. The van der Waals surface area contributed by atoms with E-state index in [1.807, 2.05) is 30.9 Å². The van der Waals surface area contributed by atoms with Gasteiger partial charge in [-0.15, -0.1) is 0 Å². The lowest BCUT2D eigenvalue weighted by molar-refractivity contribution is 0.367. The van der Waals surface area contributed by atoms with Gasteiger partial charge in [-0.2, -0.15) is 5.10 Å².